The number of rotatable bonds is 0. The summed E-state index contributed by atoms with van der Waals surface area (Å²) < 4.78 is 6.40. The average molecular weight is 276 g/mol. The molecule has 0 spiro atoms. The van der Waals surface area contributed by atoms with Gasteiger partial charge in [0, 0.05) is 5.41 Å². The van der Waals surface area contributed by atoms with E-state index in [9.17, 15) is 5.26 Å². The number of hydrogen-bond donors (Lipinski definition) is 0. The Hall–Kier alpha value is -0.630. The van der Waals surface area contributed by atoms with Crippen molar-refractivity contribution in [1.82, 2.24) is 5.06 Å². The Balaban J connectivity index is 1.74. The van der Waals surface area contributed by atoms with E-state index in [-0.39, 0.29) is 29.1 Å². The second kappa shape index (κ2) is 3.40. The van der Waals surface area contributed by atoms with Crippen molar-refractivity contribution in [3.8, 4) is 6.07 Å². The Bertz CT molecular complexity index is 509. The minimum atomic E-state index is -0.447. The molecule has 4 aliphatic rings. The summed E-state index contributed by atoms with van der Waals surface area (Å²) in [5, 5.41) is 11.5. The first-order valence-corrected chi connectivity index (χ1v) is 7.76. The molecule has 110 valence electrons. The summed E-state index contributed by atoms with van der Waals surface area (Å²) in [5.74, 6) is 0.398. The summed E-state index contributed by atoms with van der Waals surface area (Å²) in [6.07, 6.45) is 2.51. The quantitative estimate of drug-likeness (QED) is 0.682. The summed E-state index contributed by atoms with van der Waals surface area (Å²) in [6.45, 7) is 11.1. The van der Waals surface area contributed by atoms with Crippen molar-refractivity contribution in [1.29, 1.82) is 5.26 Å². The van der Waals surface area contributed by atoms with Crippen LogP contribution in [0.25, 0.3) is 0 Å². The van der Waals surface area contributed by atoms with Crippen LogP contribution >= 0.6 is 0 Å². The average Bonchev–Trinajstić information content (AvgIpc) is 2.92. The van der Waals surface area contributed by atoms with Crippen LogP contribution in [0.5, 0.6) is 0 Å². The van der Waals surface area contributed by atoms with Gasteiger partial charge < -0.3 is 4.74 Å². The molecule has 4 nitrogen and oxygen atoms in total. The van der Waals surface area contributed by atoms with E-state index in [1.807, 2.05) is 13.8 Å². The van der Waals surface area contributed by atoms with Gasteiger partial charge in [0.25, 0.3) is 0 Å². The fraction of sp³-hybridized carbons (Fsp3) is 0.938. The van der Waals surface area contributed by atoms with E-state index < -0.39 is 5.60 Å². The maximum Gasteiger partial charge on any atom is 0.152 e. The molecule has 2 bridgehead atoms. The molecule has 0 amide bonds. The van der Waals surface area contributed by atoms with Gasteiger partial charge in [-0.05, 0) is 38.0 Å². The zero-order valence-corrected chi connectivity index (χ0v) is 13.0. The van der Waals surface area contributed by atoms with Crippen molar-refractivity contribution in [2.75, 3.05) is 0 Å². The Labute approximate surface area is 121 Å². The van der Waals surface area contributed by atoms with Crippen molar-refractivity contribution < 1.29 is 9.57 Å². The summed E-state index contributed by atoms with van der Waals surface area (Å²) in [7, 11) is 0. The first-order valence-electron chi connectivity index (χ1n) is 7.76. The van der Waals surface area contributed by atoms with Crippen LogP contribution in [0.3, 0.4) is 0 Å². The third kappa shape index (κ3) is 1.16. The number of ether oxygens (including phenoxy) is 1. The predicted octanol–water partition coefficient (Wildman–Crippen LogP) is 2.70. The fourth-order valence-corrected chi connectivity index (χ4v) is 5.41. The van der Waals surface area contributed by atoms with E-state index >= 15 is 0 Å². The van der Waals surface area contributed by atoms with Gasteiger partial charge in [-0.15, -0.1) is 0 Å². The van der Waals surface area contributed by atoms with Gasteiger partial charge in [0.15, 0.2) is 6.23 Å². The lowest BCUT2D eigenvalue weighted by molar-refractivity contribution is -0.220. The molecule has 5 unspecified atom stereocenters. The Morgan fingerprint density at radius 1 is 1.20 bits per heavy atom. The van der Waals surface area contributed by atoms with Crippen LogP contribution < -0.4 is 0 Å². The molecule has 2 saturated carbocycles. The molecule has 0 N–H and O–H groups in total. The zero-order valence-electron chi connectivity index (χ0n) is 13.0. The topological polar surface area (TPSA) is 45.5 Å². The molecule has 0 aromatic carbocycles. The van der Waals surface area contributed by atoms with Crippen LogP contribution in [0.1, 0.15) is 47.5 Å². The molecule has 0 radical (unpaired) electrons. The second-order valence-electron chi connectivity index (χ2n) is 8.38. The monoisotopic (exact) mass is 276 g/mol. The molecule has 4 rings (SSSR count). The van der Waals surface area contributed by atoms with E-state index in [4.69, 9.17) is 9.57 Å². The predicted molar refractivity (Wildman–Crippen MR) is 73.2 cm³/mol. The summed E-state index contributed by atoms with van der Waals surface area (Å²) in [6, 6.07) is 2.73. The molecule has 2 aliphatic heterocycles. The minimum absolute atomic E-state index is 0.180. The molecule has 4 heteroatoms. The van der Waals surface area contributed by atoms with Crippen molar-refractivity contribution in [2.24, 2.45) is 22.7 Å². The zero-order chi connectivity index (χ0) is 14.5. The van der Waals surface area contributed by atoms with E-state index in [0.717, 1.165) is 0 Å². The van der Waals surface area contributed by atoms with Crippen LogP contribution in [0, 0.1) is 34.0 Å². The number of nitrogens with zero attached hydrogens (tertiary/aromatic N) is 2. The minimum Gasteiger partial charge on any atom is -0.354 e. The van der Waals surface area contributed by atoms with Crippen molar-refractivity contribution in [3.05, 3.63) is 0 Å². The maximum absolute atomic E-state index is 9.49. The third-order valence-electron chi connectivity index (χ3n) is 7.07. The molecule has 4 fully saturated rings. The van der Waals surface area contributed by atoms with Gasteiger partial charge in [-0.25, -0.2) is 0 Å². The molecule has 0 aromatic rings. The van der Waals surface area contributed by atoms with Gasteiger partial charge in [-0.3, -0.25) is 4.84 Å². The maximum atomic E-state index is 9.49. The molecule has 0 aromatic heterocycles. The number of fused-ring (bicyclic) bond motifs is 7. The lowest BCUT2D eigenvalue weighted by atomic mass is 9.70. The van der Waals surface area contributed by atoms with Gasteiger partial charge in [0.1, 0.15) is 11.5 Å². The third-order valence-corrected chi connectivity index (χ3v) is 7.07. The van der Waals surface area contributed by atoms with Crippen molar-refractivity contribution >= 4 is 0 Å². The number of nitriles is 1. The lowest BCUT2D eigenvalue weighted by Gasteiger charge is -2.38. The van der Waals surface area contributed by atoms with Crippen LogP contribution in [0.2, 0.25) is 0 Å². The van der Waals surface area contributed by atoms with Gasteiger partial charge in [0.05, 0.1) is 18.2 Å². The van der Waals surface area contributed by atoms with Crippen LogP contribution in [0.15, 0.2) is 0 Å². The van der Waals surface area contributed by atoms with Gasteiger partial charge in [-0.2, -0.15) is 10.3 Å². The highest BCUT2D eigenvalue weighted by atomic mass is 16.8. The summed E-state index contributed by atoms with van der Waals surface area (Å²) in [5.41, 5.74) is 0.0446. The van der Waals surface area contributed by atoms with Gasteiger partial charge >= 0.3 is 0 Å². The van der Waals surface area contributed by atoms with Crippen LogP contribution in [-0.2, 0) is 9.57 Å². The number of hydroxylamine groups is 2. The van der Waals surface area contributed by atoms with Crippen molar-refractivity contribution in [3.63, 3.8) is 0 Å². The van der Waals surface area contributed by atoms with Gasteiger partial charge in [0.2, 0.25) is 0 Å². The largest absolute Gasteiger partial charge is 0.354 e. The molecule has 2 heterocycles. The van der Waals surface area contributed by atoms with Crippen LogP contribution in [0.4, 0.5) is 0 Å². The summed E-state index contributed by atoms with van der Waals surface area (Å²) >= 11 is 0. The molecular formula is C16H24N2O2. The molecule has 2 saturated heterocycles. The first kappa shape index (κ1) is 13.1. The SMILES string of the molecule is CC1(C)ON2C(O[C@@H]3C2C2CCC3(C)C2(C)C)C1C#N. The Morgan fingerprint density at radius 2 is 1.90 bits per heavy atom. The molecule has 6 atom stereocenters. The van der Waals surface area contributed by atoms with Crippen molar-refractivity contribution in [2.45, 2.75) is 71.4 Å². The summed E-state index contributed by atoms with van der Waals surface area (Å²) in [4.78, 5) is 6.17. The standard InChI is InChI=1S/C16H24N2O2/c1-14(2)9-6-7-16(14,5)12-11(9)18-13(19-12)10(8-17)15(3,4)20-18/h9-13H,6-7H2,1-5H3/t9?,10?,11?,12-,13?,16?/m1/s1. The highest BCUT2D eigenvalue weighted by molar-refractivity contribution is 5.21. The van der Waals surface area contributed by atoms with E-state index in [2.05, 4.69) is 31.9 Å². The highest BCUT2D eigenvalue weighted by Crippen LogP contribution is 2.70. The lowest BCUT2D eigenvalue weighted by Crippen LogP contribution is -2.43. The van der Waals surface area contributed by atoms with E-state index in [1.165, 1.54) is 12.8 Å². The highest BCUT2D eigenvalue weighted by Gasteiger charge is 2.74. The molecular weight excluding hydrogens is 252 g/mol. The fourth-order valence-electron chi connectivity index (χ4n) is 5.41. The normalized spacial score (nSPS) is 54.7. The number of hydrogen-bond acceptors (Lipinski definition) is 4. The Kier molecular flexibility index (Phi) is 2.22. The van der Waals surface area contributed by atoms with E-state index in [0.29, 0.717) is 12.0 Å². The molecule has 2 aliphatic carbocycles. The van der Waals surface area contributed by atoms with Gasteiger partial charge in [-0.1, -0.05) is 20.8 Å². The van der Waals surface area contributed by atoms with E-state index in [1.54, 1.807) is 0 Å². The first-order chi connectivity index (χ1) is 9.24. The molecule has 20 heavy (non-hydrogen) atoms. The Morgan fingerprint density at radius 3 is 2.55 bits per heavy atom. The smallest absolute Gasteiger partial charge is 0.152 e. The van der Waals surface area contributed by atoms with Crippen LogP contribution in [-0.4, -0.2) is 29.0 Å². The second-order valence-corrected chi connectivity index (χ2v) is 8.38.